The first-order chi connectivity index (χ1) is 12.8. The first kappa shape index (κ1) is 16.6. The molecule has 6 rings (SSSR count). The van der Waals surface area contributed by atoms with Crippen molar-refractivity contribution in [2.24, 2.45) is 35.5 Å². The Bertz CT molecular complexity index is 905. The molecule has 2 bridgehead atoms. The van der Waals surface area contributed by atoms with Crippen LogP contribution in [0.1, 0.15) is 42.1 Å². The maximum atomic E-state index is 13.2. The molecule has 1 aromatic rings. The number of amides is 2. The van der Waals surface area contributed by atoms with Gasteiger partial charge in [-0.1, -0.05) is 0 Å². The van der Waals surface area contributed by atoms with Gasteiger partial charge in [0.15, 0.2) is 5.78 Å². The normalized spacial score (nSPS) is 35.9. The number of Topliss-reactive ketones (excluding diaryl/α,β-unsaturated/α-hetero) is 1. The summed E-state index contributed by atoms with van der Waals surface area (Å²) in [7, 11) is 0. The molecule has 4 aliphatic carbocycles. The number of hydrogen-bond donors (Lipinski definition) is 0. The van der Waals surface area contributed by atoms with Crippen molar-refractivity contribution < 1.29 is 19.3 Å². The van der Waals surface area contributed by atoms with Gasteiger partial charge in [-0.15, -0.1) is 0 Å². The summed E-state index contributed by atoms with van der Waals surface area (Å²) in [6, 6.07) is 2.65. The first-order valence-corrected chi connectivity index (χ1v) is 9.49. The number of anilines is 1. The van der Waals surface area contributed by atoms with Crippen LogP contribution in [0.25, 0.3) is 0 Å². The van der Waals surface area contributed by atoms with E-state index < -0.39 is 10.7 Å². The predicted molar refractivity (Wildman–Crippen MR) is 95.1 cm³/mol. The van der Waals surface area contributed by atoms with Gasteiger partial charge in [0.1, 0.15) is 0 Å². The molecule has 1 saturated heterocycles. The topological polar surface area (TPSA) is 97.6 Å². The van der Waals surface area contributed by atoms with Crippen LogP contribution >= 0.6 is 0 Å². The molecule has 27 heavy (non-hydrogen) atoms. The SMILES string of the molecule is CC(=O)c1cc(N2C(=O)[C@@H]3[C@@H]4CC[C@@H]([C@@H]5C[C@@H]54)[C@@H]3C2=O)c(C)cc1[N+](=O)[O-]. The highest BCUT2D eigenvalue weighted by Crippen LogP contribution is 2.68. The standard InChI is InChI=1S/C20H20N2O5/c1-8-5-16(22(26)27)12(9(2)23)7-15(8)21-19(24)17-10-3-4-11(14-6-13(10)14)18(17)20(21)25/h5,7,10-11,13-14,17-18H,3-4,6H2,1-2H3/t10-,11+,13-,14+,17-,18+. The number of nitro groups is 1. The number of nitro benzene ring substituents is 1. The van der Waals surface area contributed by atoms with Crippen molar-refractivity contribution in [2.45, 2.75) is 33.1 Å². The van der Waals surface area contributed by atoms with E-state index in [2.05, 4.69) is 0 Å². The lowest BCUT2D eigenvalue weighted by Gasteiger charge is -2.42. The van der Waals surface area contributed by atoms with E-state index in [0.717, 1.165) is 19.3 Å². The smallest absolute Gasteiger partial charge is 0.280 e. The van der Waals surface area contributed by atoms with Crippen molar-refractivity contribution in [1.29, 1.82) is 0 Å². The number of fused-ring (bicyclic) bond motifs is 1. The summed E-state index contributed by atoms with van der Waals surface area (Å²) in [5.41, 5.74) is 0.427. The van der Waals surface area contributed by atoms with Gasteiger partial charge in [-0.3, -0.25) is 24.5 Å². The van der Waals surface area contributed by atoms with Gasteiger partial charge in [0.2, 0.25) is 11.8 Å². The molecule has 1 aromatic carbocycles. The lowest BCUT2D eigenvalue weighted by Crippen LogP contribution is -2.43. The minimum atomic E-state index is -0.603. The lowest BCUT2D eigenvalue weighted by atomic mass is 9.59. The quantitative estimate of drug-likeness (QED) is 0.354. The molecule has 0 spiro atoms. The van der Waals surface area contributed by atoms with Gasteiger partial charge in [0.25, 0.3) is 5.69 Å². The number of nitrogens with zero attached hydrogens (tertiary/aromatic N) is 2. The van der Waals surface area contributed by atoms with Crippen LogP contribution < -0.4 is 4.90 Å². The number of ketones is 1. The summed E-state index contributed by atoms with van der Waals surface area (Å²) in [6.07, 6.45) is 3.17. The van der Waals surface area contributed by atoms with Gasteiger partial charge in [-0.05, 0) is 68.4 Å². The maximum absolute atomic E-state index is 13.2. The Morgan fingerprint density at radius 2 is 1.63 bits per heavy atom. The molecule has 140 valence electrons. The predicted octanol–water partition coefficient (Wildman–Crippen LogP) is 2.89. The zero-order valence-corrected chi connectivity index (χ0v) is 15.2. The van der Waals surface area contributed by atoms with Crippen LogP contribution in [0.15, 0.2) is 12.1 Å². The fourth-order valence-corrected chi connectivity index (χ4v) is 6.13. The molecule has 5 aliphatic rings. The van der Waals surface area contributed by atoms with E-state index in [4.69, 9.17) is 0 Å². The molecule has 5 fully saturated rings. The summed E-state index contributed by atoms with van der Waals surface area (Å²) in [6.45, 7) is 2.89. The number of hydrogen-bond acceptors (Lipinski definition) is 5. The molecule has 7 nitrogen and oxygen atoms in total. The highest BCUT2D eigenvalue weighted by Gasteiger charge is 2.68. The highest BCUT2D eigenvalue weighted by atomic mass is 16.6. The molecule has 0 unspecified atom stereocenters. The average molecular weight is 368 g/mol. The maximum Gasteiger partial charge on any atom is 0.280 e. The molecule has 0 N–H and O–H groups in total. The number of imide groups is 1. The second-order valence-corrected chi connectivity index (χ2v) is 8.50. The number of aryl methyl sites for hydroxylation is 1. The minimum absolute atomic E-state index is 0.0677. The molecule has 1 heterocycles. The summed E-state index contributed by atoms with van der Waals surface area (Å²) in [5, 5.41) is 11.3. The zero-order chi connectivity index (χ0) is 19.2. The zero-order valence-electron chi connectivity index (χ0n) is 15.2. The van der Waals surface area contributed by atoms with E-state index in [0.29, 0.717) is 23.1 Å². The molecular weight excluding hydrogens is 348 g/mol. The summed E-state index contributed by atoms with van der Waals surface area (Å²) in [4.78, 5) is 50.3. The van der Waals surface area contributed by atoms with Gasteiger partial charge < -0.3 is 0 Å². The first-order valence-electron chi connectivity index (χ1n) is 9.49. The van der Waals surface area contributed by atoms with Crippen LogP contribution in [0, 0.1) is 52.5 Å². The van der Waals surface area contributed by atoms with E-state index in [1.807, 2.05) is 0 Å². The van der Waals surface area contributed by atoms with Crippen molar-refractivity contribution in [3.8, 4) is 0 Å². The van der Waals surface area contributed by atoms with Crippen LogP contribution in [0.5, 0.6) is 0 Å². The van der Waals surface area contributed by atoms with Crippen LogP contribution in [0.3, 0.4) is 0 Å². The van der Waals surface area contributed by atoms with Crippen LogP contribution in [0.4, 0.5) is 11.4 Å². The van der Waals surface area contributed by atoms with E-state index in [-0.39, 0.29) is 46.7 Å². The van der Waals surface area contributed by atoms with Gasteiger partial charge in [-0.25, -0.2) is 4.90 Å². The molecule has 4 saturated carbocycles. The second kappa shape index (κ2) is 5.24. The molecule has 0 aromatic heterocycles. The van der Waals surface area contributed by atoms with E-state index in [1.54, 1.807) is 6.92 Å². The Labute approximate surface area is 155 Å². The van der Waals surface area contributed by atoms with Crippen molar-refractivity contribution in [3.05, 3.63) is 33.4 Å². The fourth-order valence-electron chi connectivity index (χ4n) is 6.13. The highest BCUT2D eigenvalue weighted by molar-refractivity contribution is 6.23. The van der Waals surface area contributed by atoms with Crippen molar-refractivity contribution in [2.75, 3.05) is 4.90 Å². The molecule has 2 amide bonds. The van der Waals surface area contributed by atoms with E-state index in [9.17, 15) is 24.5 Å². The lowest BCUT2D eigenvalue weighted by molar-refractivity contribution is -0.385. The van der Waals surface area contributed by atoms with Gasteiger partial charge >= 0.3 is 0 Å². The van der Waals surface area contributed by atoms with Gasteiger partial charge in [-0.2, -0.15) is 0 Å². The van der Waals surface area contributed by atoms with Crippen LogP contribution in [-0.2, 0) is 9.59 Å². The molecule has 0 radical (unpaired) electrons. The van der Waals surface area contributed by atoms with E-state index in [1.165, 1.54) is 24.0 Å². The third-order valence-corrected chi connectivity index (χ3v) is 7.28. The largest absolute Gasteiger partial charge is 0.294 e. The summed E-state index contributed by atoms with van der Waals surface area (Å²) in [5.74, 6) is 0.425. The average Bonchev–Trinajstić information content (AvgIpc) is 3.39. The number of carbonyl (C=O) groups is 3. The molecular formula is C20H20N2O5. The number of carbonyl (C=O) groups excluding carboxylic acids is 3. The van der Waals surface area contributed by atoms with Crippen molar-refractivity contribution >= 4 is 29.0 Å². The Hall–Kier alpha value is -2.57. The number of rotatable bonds is 3. The third-order valence-electron chi connectivity index (χ3n) is 7.28. The monoisotopic (exact) mass is 368 g/mol. The summed E-state index contributed by atoms with van der Waals surface area (Å²) < 4.78 is 0. The third kappa shape index (κ3) is 2.05. The Morgan fingerprint density at radius 3 is 2.11 bits per heavy atom. The summed E-state index contributed by atoms with van der Waals surface area (Å²) >= 11 is 0. The Kier molecular flexibility index (Phi) is 3.22. The molecule has 6 atom stereocenters. The van der Waals surface area contributed by atoms with Gasteiger partial charge in [0, 0.05) is 6.07 Å². The van der Waals surface area contributed by atoms with Crippen molar-refractivity contribution in [3.63, 3.8) is 0 Å². The Balaban J connectivity index is 1.61. The van der Waals surface area contributed by atoms with Crippen LogP contribution in [-0.4, -0.2) is 22.5 Å². The van der Waals surface area contributed by atoms with E-state index >= 15 is 0 Å². The van der Waals surface area contributed by atoms with Gasteiger partial charge in [0.05, 0.1) is 28.0 Å². The second-order valence-electron chi connectivity index (χ2n) is 8.50. The fraction of sp³-hybridized carbons (Fsp3) is 0.550. The molecule has 7 heteroatoms. The molecule has 1 aliphatic heterocycles. The van der Waals surface area contributed by atoms with Crippen molar-refractivity contribution in [1.82, 2.24) is 0 Å². The minimum Gasteiger partial charge on any atom is -0.294 e. The Morgan fingerprint density at radius 1 is 1.07 bits per heavy atom. The number of benzene rings is 1. The van der Waals surface area contributed by atoms with Crippen LogP contribution in [0.2, 0.25) is 0 Å².